The topological polar surface area (TPSA) is 104 Å². The van der Waals surface area contributed by atoms with E-state index in [1.165, 1.54) is 12.1 Å². The normalized spacial score (nSPS) is 11.2. The summed E-state index contributed by atoms with van der Waals surface area (Å²) < 4.78 is 23.8. The van der Waals surface area contributed by atoms with Crippen LogP contribution in [0.15, 0.2) is 29.2 Å². The average Bonchev–Trinajstić information content (AvgIpc) is 2.44. The van der Waals surface area contributed by atoms with Gasteiger partial charge in [0.2, 0.25) is 0 Å². The minimum absolute atomic E-state index is 0.00395. The van der Waals surface area contributed by atoms with E-state index in [4.69, 9.17) is 0 Å². The molecule has 0 aliphatic carbocycles. The molecule has 1 aromatic rings. The molecule has 116 valence electrons. The van der Waals surface area contributed by atoms with Crippen molar-refractivity contribution in [2.75, 3.05) is 0 Å². The fourth-order valence-corrected chi connectivity index (χ4v) is 2.30. The lowest BCUT2D eigenvalue weighted by Gasteiger charge is -2.10. The zero-order valence-electron chi connectivity index (χ0n) is 12.1. The third-order valence-corrected chi connectivity index (χ3v) is 3.83. The van der Waals surface area contributed by atoms with Crippen LogP contribution in [-0.4, -0.2) is 26.3 Å². The number of aryl methyl sites for hydroxylation is 1. The fraction of sp³-hybridized carbons (Fsp3) is 0.385. The van der Waals surface area contributed by atoms with Crippen molar-refractivity contribution < 1.29 is 18.0 Å². The number of hydrogen-bond acceptors (Lipinski definition) is 4. The van der Waals surface area contributed by atoms with E-state index in [2.05, 4.69) is 5.32 Å². The lowest BCUT2D eigenvalue weighted by atomic mass is 10.2. The van der Waals surface area contributed by atoms with E-state index < -0.39 is 21.8 Å². The number of carbonyl (C=O) groups excluding carboxylic acids is 2. The molecule has 8 heteroatoms. The maximum atomic E-state index is 11.9. The fourth-order valence-electron chi connectivity index (χ4n) is 1.46. The minimum Gasteiger partial charge on any atom is -0.346 e. The van der Waals surface area contributed by atoms with Gasteiger partial charge in [0.05, 0.1) is 4.90 Å². The van der Waals surface area contributed by atoms with Crippen molar-refractivity contribution in [3.05, 3.63) is 29.8 Å². The Hall–Kier alpha value is -1.93. The van der Waals surface area contributed by atoms with E-state index in [0.717, 1.165) is 12.0 Å². The molecular weight excluding hydrogens is 294 g/mol. The van der Waals surface area contributed by atoms with E-state index in [1.54, 1.807) is 26.0 Å². The number of nitrogens with one attached hydrogen (secondary N) is 3. The summed E-state index contributed by atoms with van der Waals surface area (Å²) in [4.78, 5) is 24.6. The summed E-state index contributed by atoms with van der Waals surface area (Å²) in [5.41, 5.74) is 2.86. The standard InChI is InChI=1S/C13H19N3O4S/c1-4-10-5-7-11(8-6-10)21(19,20)16-15-13(18)12(17)14-9(2)3/h5-9,16H,4H2,1-3H3,(H,14,17)(H,15,18). The molecule has 0 spiro atoms. The van der Waals surface area contributed by atoms with Gasteiger partial charge in [0.1, 0.15) is 0 Å². The third kappa shape index (κ3) is 5.16. The Morgan fingerprint density at radius 3 is 2.14 bits per heavy atom. The van der Waals surface area contributed by atoms with E-state index in [1.807, 2.05) is 17.2 Å². The van der Waals surface area contributed by atoms with Crippen LogP contribution < -0.4 is 15.6 Å². The summed E-state index contributed by atoms with van der Waals surface area (Å²) in [5.74, 6) is -1.98. The number of hydrazine groups is 1. The molecule has 3 N–H and O–H groups in total. The highest BCUT2D eigenvalue weighted by Gasteiger charge is 2.19. The summed E-state index contributed by atoms with van der Waals surface area (Å²) in [7, 11) is -3.90. The zero-order valence-corrected chi connectivity index (χ0v) is 13.0. The highest BCUT2D eigenvalue weighted by atomic mass is 32.2. The molecule has 7 nitrogen and oxygen atoms in total. The molecule has 2 amide bonds. The van der Waals surface area contributed by atoms with E-state index >= 15 is 0 Å². The molecule has 0 atom stereocenters. The van der Waals surface area contributed by atoms with Crippen LogP contribution in [0.4, 0.5) is 0 Å². The maximum absolute atomic E-state index is 11.9. The Kier molecular flexibility index (Phi) is 5.86. The molecule has 21 heavy (non-hydrogen) atoms. The highest BCUT2D eigenvalue weighted by Crippen LogP contribution is 2.10. The first-order chi connectivity index (χ1) is 9.76. The minimum atomic E-state index is -3.90. The van der Waals surface area contributed by atoms with Gasteiger partial charge in [0.25, 0.3) is 10.0 Å². The molecule has 1 aromatic carbocycles. The quantitative estimate of drug-likeness (QED) is 0.529. The molecule has 0 aromatic heterocycles. The summed E-state index contributed by atoms with van der Waals surface area (Å²) in [6, 6.07) is 6.01. The Balaban J connectivity index is 2.68. The average molecular weight is 313 g/mol. The lowest BCUT2D eigenvalue weighted by Crippen LogP contribution is -2.49. The molecule has 0 aliphatic heterocycles. The van der Waals surface area contributed by atoms with E-state index in [0.29, 0.717) is 0 Å². The van der Waals surface area contributed by atoms with E-state index in [9.17, 15) is 18.0 Å². The first kappa shape index (κ1) is 17.1. The number of amides is 2. The van der Waals surface area contributed by atoms with Crippen LogP contribution in [0.3, 0.4) is 0 Å². The molecule has 0 fully saturated rings. The van der Waals surface area contributed by atoms with Gasteiger partial charge in [0.15, 0.2) is 0 Å². The summed E-state index contributed by atoms with van der Waals surface area (Å²) in [6.07, 6.45) is 0.792. The smallest absolute Gasteiger partial charge is 0.324 e. The molecule has 0 heterocycles. The number of sulfonamides is 1. The molecule has 0 aliphatic rings. The second-order valence-electron chi connectivity index (χ2n) is 4.69. The molecular formula is C13H19N3O4S. The third-order valence-electron chi connectivity index (χ3n) is 2.57. The van der Waals surface area contributed by atoms with Crippen LogP contribution in [0.1, 0.15) is 26.3 Å². The van der Waals surface area contributed by atoms with Crippen molar-refractivity contribution in [2.45, 2.75) is 38.1 Å². The number of carbonyl (C=O) groups is 2. The van der Waals surface area contributed by atoms with E-state index in [-0.39, 0.29) is 10.9 Å². The number of rotatable bonds is 5. The van der Waals surface area contributed by atoms with Gasteiger partial charge in [-0.15, -0.1) is 4.83 Å². The maximum Gasteiger partial charge on any atom is 0.324 e. The van der Waals surface area contributed by atoms with Crippen molar-refractivity contribution in [1.29, 1.82) is 0 Å². The first-order valence-corrected chi connectivity index (χ1v) is 7.96. The van der Waals surface area contributed by atoms with Gasteiger partial charge in [0, 0.05) is 6.04 Å². The van der Waals surface area contributed by atoms with Crippen molar-refractivity contribution in [1.82, 2.24) is 15.6 Å². The molecule has 0 saturated heterocycles. The molecule has 0 bridgehead atoms. The molecule has 0 radical (unpaired) electrons. The zero-order chi connectivity index (χ0) is 16.0. The SMILES string of the molecule is CCc1ccc(S(=O)(=O)NNC(=O)C(=O)NC(C)C)cc1. The van der Waals surface area contributed by atoms with Gasteiger partial charge in [-0.25, -0.2) is 8.42 Å². The number of benzene rings is 1. The Morgan fingerprint density at radius 1 is 1.10 bits per heavy atom. The summed E-state index contributed by atoms with van der Waals surface area (Å²) in [5, 5.41) is 2.35. The van der Waals surface area contributed by atoms with Crippen molar-refractivity contribution in [3.8, 4) is 0 Å². The monoisotopic (exact) mass is 313 g/mol. The highest BCUT2D eigenvalue weighted by molar-refractivity contribution is 7.89. The number of hydrogen-bond donors (Lipinski definition) is 3. The van der Waals surface area contributed by atoms with Gasteiger partial charge >= 0.3 is 11.8 Å². The van der Waals surface area contributed by atoms with Crippen LogP contribution >= 0.6 is 0 Å². The second kappa shape index (κ2) is 7.19. The van der Waals surface area contributed by atoms with Gasteiger partial charge in [-0.05, 0) is 38.0 Å². The Morgan fingerprint density at radius 2 is 1.67 bits per heavy atom. The van der Waals surface area contributed by atoms with Crippen LogP contribution in [0.2, 0.25) is 0 Å². The molecule has 0 unspecified atom stereocenters. The summed E-state index contributed by atoms with van der Waals surface area (Å²) >= 11 is 0. The lowest BCUT2D eigenvalue weighted by molar-refractivity contribution is -0.139. The Bertz CT molecular complexity index is 609. The van der Waals surface area contributed by atoms with Gasteiger partial charge < -0.3 is 5.32 Å². The van der Waals surface area contributed by atoms with Crippen LogP contribution in [0, 0.1) is 0 Å². The Labute approximate surface area is 124 Å². The molecule has 1 rings (SSSR count). The van der Waals surface area contributed by atoms with Crippen LogP contribution in [0.5, 0.6) is 0 Å². The summed E-state index contributed by atoms with van der Waals surface area (Å²) in [6.45, 7) is 5.32. The predicted octanol–water partition coefficient (Wildman–Crippen LogP) is 0.0831. The van der Waals surface area contributed by atoms with Crippen molar-refractivity contribution in [2.24, 2.45) is 0 Å². The van der Waals surface area contributed by atoms with Crippen LogP contribution in [-0.2, 0) is 26.0 Å². The second-order valence-corrected chi connectivity index (χ2v) is 6.37. The predicted molar refractivity (Wildman–Crippen MR) is 77.6 cm³/mol. The van der Waals surface area contributed by atoms with Gasteiger partial charge in [-0.3, -0.25) is 15.0 Å². The largest absolute Gasteiger partial charge is 0.346 e. The molecule has 0 saturated carbocycles. The van der Waals surface area contributed by atoms with Crippen molar-refractivity contribution >= 4 is 21.8 Å². The van der Waals surface area contributed by atoms with Gasteiger partial charge in [-0.1, -0.05) is 19.1 Å². The van der Waals surface area contributed by atoms with Crippen molar-refractivity contribution in [3.63, 3.8) is 0 Å². The first-order valence-electron chi connectivity index (χ1n) is 6.48. The van der Waals surface area contributed by atoms with Gasteiger partial charge in [-0.2, -0.15) is 0 Å². The van der Waals surface area contributed by atoms with Crippen LogP contribution in [0.25, 0.3) is 0 Å².